The van der Waals surface area contributed by atoms with E-state index in [0.29, 0.717) is 13.0 Å². The summed E-state index contributed by atoms with van der Waals surface area (Å²) < 4.78 is 0. The third-order valence-electron chi connectivity index (χ3n) is 4.43. The van der Waals surface area contributed by atoms with E-state index in [4.69, 9.17) is 15.9 Å². The van der Waals surface area contributed by atoms with Crippen LogP contribution in [0.3, 0.4) is 0 Å². The van der Waals surface area contributed by atoms with Gasteiger partial charge < -0.3 is 37.2 Å². The minimum Gasteiger partial charge on any atom is -0.481 e. The molecule has 168 valence electrons. The molecule has 1 aliphatic rings. The Morgan fingerprint density at radius 2 is 1.67 bits per heavy atom. The van der Waals surface area contributed by atoms with Gasteiger partial charge in [0.05, 0.1) is 12.5 Å². The maximum atomic E-state index is 12.4. The number of carbonyl (C=O) groups excluding carboxylic acids is 4. The van der Waals surface area contributed by atoms with E-state index in [9.17, 15) is 28.8 Å². The van der Waals surface area contributed by atoms with Gasteiger partial charge >= 0.3 is 11.9 Å². The molecule has 0 bridgehead atoms. The maximum Gasteiger partial charge on any atom is 0.326 e. The molecule has 0 saturated carbocycles. The van der Waals surface area contributed by atoms with Gasteiger partial charge in [-0.05, 0) is 32.7 Å². The first-order valence-corrected chi connectivity index (χ1v) is 9.38. The van der Waals surface area contributed by atoms with Crippen LogP contribution in [0.15, 0.2) is 0 Å². The van der Waals surface area contributed by atoms with Crippen molar-refractivity contribution in [2.24, 2.45) is 5.73 Å². The third kappa shape index (κ3) is 8.43. The fourth-order valence-electron chi connectivity index (χ4n) is 2.79. The fraction of sp³-hybridized carbons (Fsp3) is 0.647. The zero-order valence-electron chi connectivity index (χ0n) is 16.5. The van der Waals surface area contributed by atoms with Crippen molar-refractivity contribution in [1.29, 1.82) is 0 Å². The number of amides is 4. The zero-order chi connectivity index (χ0) is 22.8. The highest BCUT2D eigenvalue weighted by atomic mass is 16.4. The van der Waals surface area contributed by atoms with Crippen LogP contribution in [0.4, 0.5) is 0 Å². The standard InChI is InChI=1S/C17H27N5O8/c1-8(20-15(27)9-3-2-6-19-9)14(26)21-10(4-5-12(18)23)16(28)22-11(17(29)30)7-13(24)25/h8-11,19H,2-7H2,1H3,(H2,18,23)(H,20,27)(H,21,26)(H,22,28)(H,24,25)(H,29,30). The predicted octanol–water partition coefficient (Wildman–Crippen LogP) is -2.96. The summed E-state index contributed by atoms with van der Waals surface area (Å²) in [5.41, 5.74) is 5.06. The van der Waals surface area contributed by atoms with E-state index in [1.165, 1.54) is 6.92 Å². The monoisotopic (exact) mass is 429 g/mol. The van der Waals surface area contributed by atoms with Gasteiger partial charge in [0.2, 0.25) is 23.6 Å². The highest BCUT2D eigenvalue weighted by molar-refractivity contribution is 5.94. The Morgan fingerprint density at radius 3 is 2.17 bits per heavy atom. The van der Waals surface area contributed by atoms with Crippen LogP contribution in [0.2, 0.25) is 0 Å². The third-order valence-corrected chi connectivity index (χ3v) is 4.43. The summed E-state index contributed by atoms with van der Waals surface area (Å²) in [6.07, 6.45) is 0.0520. The van der Waals surface area contributed by atoms with Gasteiger partial charge in [-0.25, -0.2) is 4.79 Å². The van der Waals surface area contributed by atoms with Gasteiger partial charge in [0.15, 0.2) is 0 Å². The van der Waals surface area contributed by atoms with Crippen LogP contribution >= 0.6 is 0 Å². The molecule has 4 amide bonds. The molecule has 4 atom stereocenters. The Balaban J connectivity index is 2.77. The molecule has 0 aromatic carbocycles. The van der Waals surface area contributed by atoms with Gasteiger partial charge in [-0.15, -0.1) is 0 Å². The topological polar surface area (TPSA) is 217 Å². The lowest BCUT2D eigenvalue weighted by atomic mass is 10.1. The van der Waals surface area contributed by atoms with Gasteiger partial charge in [-0.3, -0.25) is 24.0 Å². The zero-order valence-corrected chi connectivity index (χ0v) is 16.5. The fourth-order valence-corrected chi connectivity index (χ4v) is 2.79. The number of carbonyl (C=O) groups is 6. The molecule has 0 spiro atoms. The average Bonchev–Trinajstić information content (AvgIpc) is 3.18. The van der Waals surface area contributed by atoms with Gasteiger partial charge in [-0.2, -0.15) is 0 Å². The Morgan fingerprint density at radius 1 is 1.03 bits per heavy atom. The van der Waals surface area contributed by atoms with Gasteiger partial charge in [-0.1, -0.05) is 0 Å². The Bertz CT molecular complexity index is 692. The lowest BCUT2D eigenvalue weighted by molar-refractivity contribution is -0.147. The first-order valence-electron chi connectivity index (χ1n) is 9.38. The lowest BCUT2D eigenvalue weighted by Gasteiger charge is -2.23. The first-order chi connectivity index (χ1) is 14.0. The van der Waals surface area contributed by atoms with Crippen LogP contribution < -0.4 is 27.0 Å². The predicted molar refractivity (Wildman–Crippen MR) is 101 cm³/mol. The molecule has 0 aliphatic carbocycles. The van der Waals surface area contributed by atoms with Crippen LogP contribution in [0.1, 0.15) is 39.0 Å². The average molecular weight is 429 g/mol. The number of hydrogen-bond acceptors (Lipinski definition) is 7. The Kier molecular flexibility index (Phi) is 9.68. The number of aliphatic carboxylic acids is 2. The van der Waals surface area contributed by atoms with Crippen molar-refractivity contribution in [2.45, 2.75) is 63.2 Å². The number of hydrogen-bond donors (Lipinski definition) is 7. The second-order valence-electron chi connectivity index (χ2n) is 6.94. The molecule has 0 aromatic heterocycles. The Hall–Kier alpha value is -3.22. The van der Waals surface area contributed by atoms with Crippen LogP contribution in [0, 0.1) is 0 Å². The first kappa shape index (κ1) is 24.8. The second-order valence-corrected chi connectivity index (χ2v) is 6.94. The number of rotatable bonds is 12. The lowest BCUT2D eigenvalue weighted by Crippen LogP contribution is -2.56. The van der Waals surface area contributed by atoms with E-state index in [1.54, 1.807) is 0 Å². The molecule has 1 rings (SSSR count). The quantitative estimate of drug-likeness (QED) is 0.168. The highest BCUT2D eigenvalue weighted by Gasteiger charge is 2.30. The molecule has 1 saturated heterocycles. The van der Waals surface area contributed by atoms with E-state index in [0.717, 1.165) is 6.42 Å². The summed E-state index contributed by atoms with van der Waals surface area (Å²) in [6.45, 7) is 2.09. The smallest absolute Gasteiger partial charge is 0.326 e. The number of primary amides is 1. The largest absolute Gasteiger partial charge is 0.481 e. The summed E-state index contributed by atoms with van der Waals surface area (Å²) in [4.78, 5) is 69.9. The second kappa shape index (κ2) is 11.7. The molecular weight excluding hydrogens is 402 g/mol. The van der Waals surface area contributed by atoms with Crippen LogP contribution in [-0.2, 0) is 28.8 Å². The molecule has 1 aliphatic heterocycles. The van der Waals surface area contributed by atoms with E-state index >= 15 is 0 Å². The molecule has 0 aromatic rings. The number of nitrogens with two attached hydrogens (primary N) is 1. The molecule has 8 N–H and O–H groups in total. The van der Waals surface area contributed by atoms with Crippen molar-refractivity contribution in [3.05, 3.63) is 0 Å². The molecule has 1 fully saturated rings. The van der Waals surface area contributed by atoms with Crippen molar-refractivity contribution in [1.82, 2.24) is 21.3 Å². The van der Waals surface area contributed by atoms with Crippen molar-refractivity contribution in [3.63, 3.8) is 0 Å². The highest BCUT2D eigenvalue weighted by Crippen LogP contribution is 2.06. The number of nitrogens with one attached hydrogen (secondary N) is 4. The van der Waals surface area contributed by atoms with E-state index < -0.39 is 60.2 Å². The van der Waals surface area contributed by atoms with E-state index in [1.807, 2.05) is 5.32 Å². The summed E-state index contributed by atoms with van der Waals surface area (Å²) >= 11 is 0. The SMILES string of the molecule is CC(NC(=O)C1CCCN1)C(=O)NC(CCC(N)=O)C(=O)NC(CC(=O)O)C(=O)O. The van der Waals surface area contributed by atoms with Crippen molar-refractivity contribution in [2.75, 3.05) is 6.54 Å². The summed E-state index contributed by atoms with van der Waals surface area (Å²) in [6, 6.07) is -4.52. The molecule has 0 radical (unpaired) electrons. The molecular formula is C17H27N5O8. The van der Waals surface area contributed by atoms with Gasteiger partial charge in [0.25, 0.3) is 0 Å². The molecule has 13 nitrogen and oxygen atoms in total. The normalized spacial score (nSPS) is 18.5. The van der Waals surface area contributed by atoms with Crippen LogP contribution in [0.25, 0.3) is 0 Å². The summed E-state index contributed by atoms with van der Waals surface area (Å²) in [5, 5.41) is 27.6. The van der Waals surface area contributed by atoms with Crippen LogP contribution in [0.5, 0.6) is 0 Å². The van der Waals surface area contributed by atoms with Gasteiger partial charge in [0.1, 0.15) is 18.1 Å². The van der Waals surface area contributed by atoms with Crippen molar-refractivity contribution >= 4 is 35.6 Å². The maximum absolute atomic E-state index is 12.4. The number of carboxylic acid groups (broad SMARTS) is 2. The Labute approximate surface area is 172 Å². The minimum atomic E-state index is -1.73. The van der Waals surface area contributed by atoms with E-state index in [-0.39, 0.29) is 18.7 Å². The minimum absolute atomic E-state index is 0.239. The molecule has 4 unspecified atom stereocenters. The molecule has 30 heavy (non-hydrogen) atoms. The summed E-state index contributed by atoms with van der Waals surface area (Å²) in [5.74, 6) is -5.88. The van der Waals surface area contributed by atoms with E-state index in [2.05, 4.69) is 16.0 Å². The van der Waals surface area contributed by atoms with Gasteiger partial charge in [0, 0.05) is 6.42 Å². The number of carboxylic acids is 2. The summed E-state index contributed by atoms with van der Waals surface area (Å²) in [7, 11) is 0. The van der Waals surface area contributed by atoms with Crippen molar-refractivity contribution < 1.29 is 39.0 Å². The van der Waals surface area contributed by atoms with Crippen molar-refractivity contribution in [3.8, 4) is 0 Å². The molecule has 13 heteroatoms. The molecule has 1 heterocycles. The van der Waals surface area contributed by atoms with Crippen LogP contribution in [-0.4, -0.2) is 76.5 Å².